The number of benzene rings is 2. The number of fused-ring (bicyclic) bond motifs is 1. The standard InChI is InChI=1S/C19H21BrN2O2.C2H2O4/c20-17-4-1-15(2-5-17)12-21-7-9-22(10-8-21)13-16-3-6-18-19(11-16)24-14-23-18;3-1(4)2(5)6/h1-6,11H,7-10,12-14H2;(H,3,4)(H,5,6). The Labute approximate surface area is 182 Å². The minimum Gasteiger partial charge on any atom is -0.473 e. The maximum atomic E-state index is 9.10. The van der Waals surface area contributed by atoms with Gasteiger partial charge in [-0.1, -0.05) is 34.1 Å². The van der Waals surface area contributed by atoms with Crippen molar-refractivity contribution in [2.45, 2.75) is 13.1 Å². The average Bonchev–Trinajstić information content (AvgIpc) is 3.19. The molecule has 2 aromatic carbocycles. The van der Waals surface area contributed by atoms with Crippen LogP contribution in [0.3, 0.4) is 0 Å². The van der Waals surface area contributed by atoms with E-state index in [4.69, 9.17) is 29.3 Å². The van der Waals surface area contributed by atoms with E-state index >= 15 is 0 Å². The zero-order chi connectivity index (χ0) is 21.5. The molecule has 0 unspecified atom stereocenters. The van der Waals surface area contributed by atoms with Gasteiger partial charge in [0.15, 0.2) is 11.5 Å². The first-order chi connectivity index (χ1) is 14.4. The van der Waals surface area contributed by atoms with Gasteiger partial charge in [0.2, 0.25) is 6.79 Å². The first kappa shape index (κ1) is 22.1. The molecule has 9 heteroatoms. The molecule has 2 heterocycles. The summed E-state index contributed by atoms with van der Waals surface area (Å²) < 4.78 is 12.0. The topological polar surface area (TPSA) is 99.5 Å². The van der Waals surface area contributed by atoms with Crippen LogP contribution in [0.1, 0.15) is 11.1 Å². The summed E-state index contributed by atoms with van der Waals surface area (Å²) >= 11 is 3.49. The van der Waals surface area contributed by atoms with Gasteiger partial charge in [0, 0.05) is 43.7 Å². The van der Waals surface area contributed by atoms with Crippen molar-refractivity contribution in [3.8, 4) is 11.5 Å². The number of carbonyl (C=O) groups is 2. The summed E-state index contributed by atoms with van der Waals surface area (Å²) in [5.74, 6) is -1.91. The average molecular weight is 479 g/mol. The second kappa shape index (κ2) is 10.4. The largest absolute Gasteiger partial charge is 0.473 e. The fourth-order valence-corrected chi connectivity index (χ4v) is 3.52. The van der Waals surface area contributed by atoms with E-state index in [1.807, 2.05) is 6.07 Å². The fraction of sp³-hybridized carbons (Fsp3) is 0.333. The Balaban J connectivity index is 0.000000377. The highest BCUT2D eigenvalue weighted by atomic mass is 79.9. The Morgan fingerprint density at radius 3 is 1.87 bits per heavy atom. The number of rotatable bonds is 4. The van der Waals surface area contributed by atoms with Crippen LogP contribution in [0.5, 0.6) is 11.5 Å². The van der Waals surface area contributed by atoms with E-state index in [0.717, 1.165) is 55.2 Å². The summed E-state index contributed by atoms with van der Waals surface area (Å²) in [7, 11) is 0. The van der Waals surface area contributed by atoms with Crippen molar-refractivity contribution in [2.24, 2.45) is 0 Å². The smallest absolute Gasteiger partial charge is 0.414 e. The van der Waals surface area contributed by atoms with Gasteiger partial charge in [0.25, 0.3) is 0 Å². The van der Waals surface area contributed by atoms with Crippen molar-refractivity contribution in [2.75, 3.05) is 33.0 Å². The SMILES string of the molecule is Brc1ccc(CN2CCN(Cc3ccc4c(c3)OCO4)CC2)cc1.O=C(O)C(=O)O. The number of piperazine rings is 1. The normalized spacial score (nSPS) is 15.9. The molecule has 2 aromatic rings. The number of ether oxygens (including phenoxy) is 2. The molecule has 0 radical (unpaired) electrons. The lowest BCUT2D eigenvalue weighted by molar-refractivity contribution is -0.159. The zero-order valence-electron chi connectivity index (χ0n) is 16.3. The third-order valence-corrected chi connectivity index (χ3v) is 5.34. The molecule has 0 bridgehead atoms. The Bertz CT molecular complexity index is 870. The molecule has 30 heavy (non-hydrogen) atoms. The second-order valence-electron chi connectivity index (χ2n) is 6.98. The summed E-state index contributed by atoms with van der Waals surface area (Å²) in [5.41, 5.74) is 2.67. The van der Waals surface area contributed by atoms with E-state index in [2.05, 4.69) is 62.1 Å². The van der Waals surface area contributed by atoms with Gasteiger partial charge in [-0.25, -0.2) is 9.59 Å². The van der Waals surface area contributed by atoms with Gasteiger partial charge in [-0.3, -0.25) is 9.80 Å². The van der Waals surface area contributed by atoms with Crippen LogP contribution >= 0.6 is 15.9 Å². The van der Waals surface area contributed by atoms with Crippen LogP contribution in [-0.4, -0.2) is 64.9 Å². The molecule has 2 aliphatic heterocycles. The predicted molar refractivity (Wildman–Crippen MR) is 113 cm³/mol. The Kier molecular flexibility index (Phi) is 7.67. The van der Waals surface area contributed by atoms with Crippen LogP contribution in [0.4, 0.5) is 0 Å². The van der Waals surface area contributed by atoms with E-state index in [-0.39, 0.29) is 0 Å². The van der Waals surface area contributed by atoms with E-state index in [1.54, 1.807) is 0 Å². The molecule has 0 atom stereocenters. The van der Waals surface area contributed by atoms with Crippen molar-refractivity contribution in [1.29, 1.82) is 0 Å². The third kappa shape index (κ3) is 6.45. The zero-order valence-corrected chi connectivity index (χ0v) is 17.9. The van der Waals surface area contributed by atoms with E-state index in [0.29, 0.717) is 6.79 Å². The number of halogens is 1. The quantitative estimate of drug-likeness (QED) is 0.646. The van der Waals surface area contributed by atoms with Gasteiger partial charge < -0.3 is 19.7 Å². The minimum atomic E-state index is -1.82. The van der Waals surface area contributed by atoms with Crippen molar-refractivity contribution in [3.63, 3.8) is 0 Å². The van der Waals surface area contributed by atoms with Gasteiger partial charge >= 0.3 is 11.9 Å². The minimum absolute atomic E-state index is 0.341. The molecular formula is C21H23BrN2O6. The molecule has 0 spiro atoms. The summed E-state index contributed by atoms with van der Waals surface area (Å²) in [4.78, 5) is 23.2. The predicted octanol–water partition coefficient (Wildman–Crippen LogP) is 2.65. The first-order valence-electron chi connectivity index (χ1n) is 9.44. The molecule has 8 nitrogen and oxygen atoms in total. The molecule has 0 saturated carbocycles. The molecule has 1 fully saturated rings. The van der Waals surface area contributed by atoms with Crippen LogP contribution in [-0.2, 0) is 22.7 Å². The van der Waals surface area contributed by atoms with E-state index < -0.39 is 11.9 Å². The summed E-state index contributed by atoms with van der Waals surface area (Å²) in [6, 6.07) is 14.9. The van der Waals surface area contributed by atoms with Gasteiger partial charge in [0.05, 0.1) is 0 Å². The highest BCUT2D eigenvalue weighted by Crippen LogP contribution is 2.32. The van der Waals surface area contributed by atoms with Crippen molar-refractivity contribution in [3.05, 3.63) is 58.1 Å². The third-order valence-electron chi connectivity index (χ3n) is 4.81. The maximum Gasteiger partial charge on any atom is 0.414 e. The molecule has 2 N–H and O–H groups in total. The Morgan fingerprint density at radius 2 is 1.30 bits per heavy atom. The number of nitrogens with zero attached hydrogens (tertiary/aromatic N) is 2. The van der Waals surface area contributed by atoms with E-state index in [9.17, 15) is 0 Å². The molecule has 4 rings (SSSR count). The number of hydrogen-bond donors (Lipinski definition) is 2. The monoisotopic (exact) mass is 478 g/mol. The molecule has 0 aliphatic carbocycles. The van der Waals surface area contributed by atoms with Gasteiger partial charge in [-0.15, -0.1) is 0 Å². The second-order valence-corrected chi connectivity index (χ2v) is 7.89. The van der Waals surface area contributed by atoms with Gasteiger partial charge in [-0.2, -0.15) is 0 Å². The molecule has 160 valence electrons. The van der Waals surface area contributed by atoms with Gasteiger partial charge in [-0.05, 0) is 35.4 Å². The summed E-state index contributed by atoms with van der Waals surface area (Å²) in [6.07, 6.45) is 0. The molecule has 1 saturated heterocycles. The van der Waals surface area contributed by atoms with Crippen LogP contribution in [0.25, 0.3) is 0 Å². The van der Waals surface area contributed by atoms with Crippen molar-refractivity contribution >= 4 is 27.9 Å². The lowest BCUT2D eigenvalue weighted by Crippen LogP contribution is -2.45. The lowest BCUT2D eigenvalue weighted by atomic mass is 10.1. The number of aliphatic carboxylic acids is 2. The highest BCUT2D eigenvalue weighted by molar-refractivity contribution is 9.10. The summed E-state index contributed by atoms with van der Waals surface area (Å²) in [5, 5.41) is 14.8. The first-order valence-corrected chi connectivity index (χ1v) is 10.2. The van der Waals surface area contributed by atoms with Crippen molar-refractivity contribution in [1.82, 2.24) is 9.80 Å². The fourth-order valence-electron chi connectivity index (χ4n) is 3.25. The summed E-state index contributed by atoms with van der Waals surface area (Å²) in [6.45, 7) is 6.78. The molecular weight excluding hydrogens is 456 g/mol. The number of hydrogen-bond acceptors (Lipinski definition) is 6. The van der Waals surface area contributed by atoms with Crippen LogP contribution in [0.15, 0.2) is 46.9 Å². The van der Waals surface area contributed by atoms with Crippen LogP contribution < -0.4 is 9.47 Å². The van der Waals surface area contributed by atoms with Crippen LogP contribution in [0, 0.1) is 0 Å². The highest BCUT2D eigenvalue weighted by Gasteiger charge is 2.19. The molecule has 0 amide bonds. The Hall–Kier alpha value is -2.62. The van der Waals surface area contributed by atoms with Gasteiger partial charge in [0.1, 0.15) is 0 Å². The molecule has 2 aliphatic rings. The van der Waals surface area contributed by atoms with Crippen LogP contribution in [0.2, 0.25) is 0 Å². The Morgan fingerprint density at radius 1 is 0.800 bits per heavy atom. The van der Waals surface area contributed by atoms with Crippen molar-refractivity contribution < 1.29 is 29.3 Å². The maximum absolute atomic E-state index is 9.10. The number of carboxylic acids is 2. The molecule has 0 aromatic heterocycles. The number of carboxylic acid groups (broad SMARTS) is 2. The lowest BCUT2D eigenvalue weighted by Gasteiger charge is -2.34. The van der Waals surface area contributed by atoms with E-state index in [1.165, 1.54) is 11.1 Å².